The van der Waals surface area contributed by atoms with Gasteiger partial charge in [0.25, 0.3) is 0 Å². The van der Waals surface area contributed by atoms with E-state index in [4.69, 9.17) is 0 Å². The summed E-state index contributed by atoms with van der Waals surface area (Å²) < 4.78 is 0. The summed E-state index contributed by atoms with van der Waals surface area (Å²) in [6.45, 7) is 4.29. The van der Waals surface area contributed by atoms with Crippen molar-refractivity contribution in [3.05, 3.63) is 21.9 Å². The maximum atomic E-state index is 10.4. The van der Waals surface area contributed by atoms with Crippen LogP contribution in [-0.2, 0) is 0 Å². The van der Waals surface area contributed by atoms with Crippen molar-refractivity contribution >= 4 is 0 Å². The van der Waals surface area contributed by atoms with Crippen molar-refractivity contribution in [3.8, 4) is 0 Å². The molecule has 2 fully saturated rings. The topological polar surface area (TPSA) is 43.1 Å². The van der Waals surface area contributed by atoms with E-state index >= 15 is 0 Å². The van der Waals surface area contributed by atoms with Crippen molar-refractivity contribution in [3.63, 3.8) is 0 Å². The lowest BCUT2D eigenvalue weighted by Gasteiger charge is -2.30. The van der Waals surface area contributed by atoms with E-state index in [1.54, 1.807) is 0 Å². The molecule has 0 aromatic carbocycles. The first-order valence-corrected chi connectivity index (χ1v) is 4.87. The summed E-state index contributed by atoms with van der Waals surface area (Å²) in [7, 11) is 0. The molecule has 0 aromatic heterocycles. The molecule has 2 bridgehead atoms. The van der Waals surface area contributed by atoms with Crippen molar-refractivity contribution in [2.75, 3.05) is 0 Å². The van der Waals surface area contributed by atoms with Gasteiger partial charge in [-0.05, 0) is 36.5 Å². The molecule has 0 N–H and O–H groups in total. The lowest BCUT2D eigenvalue weighted by molar-refractivity contribution is -0.404. The fourth-order valence-electron chi connectivity index (χ4n) is 3.07. The maximum absolute atomic E-state index is 10.4. The summed E-state index contributed by atoms with van der Waals surface area (Å²) >= 11 is 0. The van der Waals surface area contributed by atoms with Gasteiger partial charge in [0.1, 0.15) is 0 Å². The third kappa shape index (κ3) is 1.18. The third-order valence-corrected chi connectivity index (χ3v) is 3.88. The monoisotopic (exact) mass is 181 g/mol. The van der Waals surface area contributed by atoms with Gasteiger partial charge in [0.15, 0.2) is 0 Å². The molecule has 0 unspecified atom stereocenters. The summed E-state index contributed by atoms with van der Waals surface area (Å²) in [6.07, 6.45) is 4.84. The maximum Gasteiger partial charge on any atom is 0.234 e. The van der Waals surface area contributed by atoms with Gasteiger partial charge >= 0.3 is 0 Å². The van der Waals surface area contributed by atoms with Crippen LogP contribution in [0.1, 0.15) is 33.1 Å². The molecule has 3 heteroatoms. The lowest BCUT2D eigenvalue weighted by Crippen LogP contribution is -2.23. The number of fused-ring (bicyclic) bond motifs is 2. The molecule has 0 radical (unpaired) electrons. The van der Waals surface area contributed by atoms with E-state index < -0.39 is 0 Å². The number of nitrogens with zero attached hydrogens (tertiary/aromatic N) is 1. The molecule has 0 saturated heterocycles. The van der Waals surface area contributed by atoms with E-state index in [2.05, 4.69) is 13.8 Å². The second-order valence-corrected chi connectivity index (χ2v) is 4.80. The van der Waals surface area contributed by atoms with Crippen LogP contribution in [0.15, 0.2) is 11.8 Å². The molecule has 2 rings (SSSR count). The first-order chi connectivity index (χ1) is 6.01. The Balaban J connectivity index is 2.34. The molecule has 13 heavy (non-hydrogen) atoms. The minimum absolute atomic E-state index is 0.0794. The van der Waals surface area contributed by atoms with Gasteiger partial charge in [-0.15, -0.1) is 0 Å². The van der Waals surface area contributed by atoms with Gasteiger partial charge in [0, 0.05) is 5.57 Å². The molecule has 72 valence electrons. The molecular weight excluding hydrogens is 166 g/mol. The van der Waals surface area contributed by atoms with Crippen LogP contribution in [0.4, 0.5) is 0 Å². The highest BCUT2D eigenvalue weighted by Crippen LogP contribution is 2.58. The van der Waals surface area contributed by atoms with Crippen molar-refractivity contribution in [2.45, 2.75) is 33.1 Å². The highest BCUT2D eigenvalue weighted by Gasteiger charge is 2.50. The smallest absolute Gasteiger partial charge is 0.234 e. The van der Waals surface area contributed by atoms with E-state index in [-0.39, 0.29) is 10.3 Å². The molecule has 0 spiro atoms. The average molecular weight is 181 g/mol. The quantitative estimate of drug-likeness (QED) is 0.461. The minimum atomic E-state index is -0.294. The van der Waals surface area contributed by atoms with Crippen molar-refractivity contribution < 1.29 is 4.92 Å². The molecule has 2 atom stereocenters. The molecule has 3 nitrogen and oxygen atoms in total. The number of rotatable bonds is 1. The van der Waals surface area contributed by atoms with Crippen LogP contribution in [-0.4, -0.2) is 4.92 Å². The molecule has 0 aromatic rings. The van der Waals surface area contributed by atoms with Crippen LogP contribution < -0.4 is 0 Å². The molecule has 2 saturated carbocycles. The first-order valence-electron chi connectivity index (χ1n) is 4.87. The van der Waals surface area contributed by atoms with Gasteiger partial charge < -0.3 is 0 Å². The summed E-state index contributed by atoms with van der Waals surface area (Å²) in [6, 6.07) is 0. The van der Waals surface area contributed by atoms with Crippen LogP contribution in [0.2, 0.25) is 0 Å². The third-order valence-electron chi connectivity index (χ3n) is 3.88. The predicted octanol–water partition coefficient (Wildman–Crippen LogP) is 2.60. The Morgan fingerprint density at radius 2 is 2.23 bits per heavy atom. The summed E-state index contributed by atoms with van der Waals surface area (Å²) in [4.78, 5) is 10.2. The van der Waals surface area contributed by atoms with Gasteiger partial charge in [-0.3, -0.25) is 10.1 Å². The highest BCUT2D eigenvalue weighted by molar-refractivity contribution is 5.24. The Kier molecular flexibility index (Phi) is 1.72. The molecule has 0 amide bonds. The second-order valence-electron chi connectivity index (χ2n) is 4.80. The highest BCUT2D eigenvalue weighted by atomic mass is 16.6. The van der Waals surface area contributed by atoms with Crippen molar-refractivity contribution in [1.29, 1.82) is 0 Å². The van der Waals surface area contributed by atoms with Crippen LogP contribution in [0, 0.1) is 27.4 Å². The van der Waals surface area contributed by atoms with Gasteiger partial charge in [0.2, 0.25) is 6.20 Å². The normalized spacial score (nSPS) is 38.5. The summed E-state index contributed by atoms with van der Waals surface area (Å²) in [5, 5.41) is 10.4. The Bertz CT molecular complexity index is 281. The van der Waals surface area contributed by atoms with Gasteiger partial charge in [-0.1, -0.05) is 13.8 Å². The standard InChI is InChI=1S/C10H15NO2/c1-10(2)8-4-3-7(5-8)9(10)6-11(12)13/h6-8H,3-5H2,1-2H3/b9-6-/t7-,8+/m1/s1. The van der Waals surface area contributed by atoms with E-state index in [1.807, 2.05) is 0 Å². The Hall–Kier alpha value is -0.860. The average Bonchev–Trinajstić information content (AvgIpc) is 2.53. The largest absolute Gasteiger partial charge is 0.259 e. The summed E-state index contributed by atoms with van der Waals surface area (Å²) in [5.74, 6) is 1.19. The molecule has 0 heterocycles. The molecule has 0 aliphatic heterocycles. The molecular formula is C10H15NO2. The van der Waals surface area contributed by atoms with Crippen molar-refractivity contribution in [1.82, 2.24) is 0 Å². The zero-order valence-electron chi connectivity index (χ0n) is 8.12. The van der Waals surface area contributed by atoms with Crippen molar-refractivity contribution in [2.24, 2.45) is 17.3 Å². The van der Waals surface area contributed by atoms with Gasteiger partial charge in [-0.25, -0.2) is 0 Å². The Morgan fingerprint density at radius 1 is 1.54 bits per heavy atom. The lowest BCUT2D eigenvalue weighted by atomic mass is 9.73. The molecule has 2 aliphatic rings. The SMILES string of the molecule is CC1(C)/C(=C\[N+](=O)[O-])[C@@H]2CC[C@H]1C2. The number of hydrogen-bond donors (Lipinski definition) is 0. The zero-order chi connectivity index (χ0) is 9.64. The van der Waals surface area contributed by atoms with E-state index in [0.717, 1.165) is 12.0 Å². The van der Waals surface area contributed by atoms with E-state index in [9.17, 15) is 10.1 Å². The Morgan fingerprint density at radius 3 is 2.69 bits per heavy atom. The first kappa shape index (κ1) is 8.73. The fourth-order valence-corrected chi connectivity index (χ4v) is 3.07. The van der Waals surface area contributed by atoms with Crippen LogP contribution in [0.5, 0.6) is 0 Å². The number of allylic oxidation sites excluding steroid dienone is 1. The fraction of sp³-hybridized carbons (Fsp3) is 0.800. The van der Waals surface area contributed by atoms with E-state index in [0.29, 0.717) is 11.8 Å². The Labute approximate surface area is 78.0 Å². The minimum Gasteiger partial charge on any atom is -0.259 e. The number of nitro groups is 1. The zero-order valence-corrected chi connectivity index (χ0v) is 8.12. The van der Waals surface area contributed by atoms with Gasteiger partial charge in [0.05, 0.1) is 4.92 Å². The van der Waals surface area contributed by atoms with Crippen LogP contribution in [0.25, 0.3) is 0 Å². The predicted molar refractivity (Wildman–Crippen MR) is 49.7 cm³/mol. The summed E-state index contributed by atoms with van der Waals surface area (Å²) in [5.41, 5.74) is 1.16. The second kappa shape index (κ2) is 2.56. The molecule has 2 aliphatic carbocycles. The van der Waals surface area contributed by atoms with Crippen LogP contribution >= 0.6 is 0 Å². The number of hydrogen-bond acceptors (Lipinski definition) is 2. The van der Waals surface area contributed by atoms with Crippen LogP contribution in [0.3, 0.4) is 0 Å². The van der Waals surface area contributed by atoms with Gasteiger partial charge in [-0.2, -0.15) is 0 Å². The van der Waals surface area contributed by atoms with E-state index in [1.165, 1.54) is 19.0 Å².